The monoisotopic (exact) mass is 339 g/mol. The lowest BCUT2D eigenvalue weighted by Crippen LogP contribution is -1.98. The summed E-state index contributed by atoms with van der Waals surface area (Å²) in [6.07, 6.45) is 2.15. The van der Waals surface area contributed by atoms with Crippen LogP contribution in [0.4, 0.5) is 0 Å². The quantitative estimate of drug-likeness (QED) is 0.465. The van der Waals surface area contributed by atoms with Crippen molar-refractivity contribution in [3.8, 4) is 22.7 Å². The van der Waals surface area contributed by atoms with E-state index in [4.69, 9.17) is 9.72 Å². The van der Waals surface area contributed by atoms with Gasteiger partial charge in [-0.25, -0.2) is 4.98 Å². The maximum Gasteiger partial charge on any atom is 0.220 e. The minimum Gasteiger partial charge on any atom is -0.497 e. The van der Waals surface area contributed by atoms with Crippen LogP contribution in [0.3, 0.4) is 0 Å². The van der Waals surface area contributed by atoms with Crippen LogP contribution in [0, 0.1) is 0 Å². The first kappa shape index (κ1) is 14.8. The van der Waals surface area contributed by atoms with Gasteiger partial charge < -0.3 is 4.74 Å². The largest absolute Gasteiger partial charge is 0.497 e. The average molecular weight is 339 g/mol. The molecule has 0 aliphatic rings. The Bertz CT molecular complexity index is 1220. The maximum absolute atomic E-state index is 5.43. The molecule has 0 amide bonds. The highest BCUT2D eigenvalue weighted by atomic mass is 16.5. The Morgan fingerprint density at radius 1 is 0.846 bits per heavy atom. The Balaban J connectivity index is 1.88. The molecule has 0 saturated carbocycles. The Kier molecular flexibility index (Phi) is 3.28. The second-order valence-corrected chi connectivity index (χ2v) is 6.19. The fourth-order valence-electron chi connectivity index (χ4n) is 3.42. The number of rotatable bonds is 3. The van der Waals surface area contributed by atoms with Crippen LogP contribution in [-0.4, -0.2) is 21.1 Å². The molecule has 3 aromatic carbocycles. The van der Waals surface area contributed by atoms with E-state index in [0.717, 1.165) is 39.5 Å². The van der Waals surface area contributed by atoms with E-state index in [1.165, 1.54) is 0 Å². The van der Waals surface area contributed by atoms with Crippen LogP contribution in [0.2, 0.25) is 0 Å². The summed E-state index contributed by atoms with van der Waals surface area (Å²) in [5, 5.41) is 0. The first-order valence-electron chi connectivity index (χ1n) is 8.53. The van der Waals surface area contributed by atoms with Gasteiger partial charge in [-0.3, -0.25) is 8.97 Å². The van der Waals surface area contributed by atoms with Gasteiger partial charge >= 0.3 is 0 Å². The number of imidazole rings is 2. The van der Waals surface area contributed by atoms with Crippen LogP contribution in [0.25, 0.3) is 33.8 Å². The van der Waals surface area contributed by atoms with E-state index in [1.54, 1.807) is 7.11 Å². The second kappa shape index (κ2) is 5.77. The molecule has 0 radical (unpaired) electrons. The molecule has 0 spiro atoms. The first-order chi connectivity index (χ1) is 12.8. The highest BCUT2D eigenvalue weighted by Crippen LogP contribution is 2.30. The minimum absolute atomic E-state index is 0.824. The van der Waals surface area contributed by atoms with Gasteiger partial charge in [0.2, 0.25) is 5.78 Å². The van der Waals surface area contributed by atoms with Crippen LogP contribution in [0.15, 0.2) is 85.1 Å². The number of nitrogens with zero attached hydrogens (tertiary/aromatic N) is 3. The van der Waals surface area contributed by atoms with Gasteiger partial charge in [-0.2, -0.15) is 0 Å². The molecule has 0 aliphatic heterocycles. The fraction of sp³-hybridized carbons (Fsp3) is 0.0455. The summed E-state index contributed by atoms with van der Waals surface area (Å²) < 4.78 is 9.76. The number of fused-ring (bicyclic) bond motifs is 3. The summed E-state index contributed by atoms with van der Waals surface area (Å²) >= 11 is 0. The Morgan fingerprint density at radius 3 is 2.50 bits per heavy atom. The third-order valence-electron chi connectivity index (χ3n) is 4.65. The van der Waals surface area contributed by atoms with Gasteiger partial charge in [0.25, 0.3) is 0 Å². The van der Waals surface area contributed by atoms with Gasteiger partial charge in [0, 0.05) is 17.8 Å². The van der Waals surface area contributed by atoms with Crippen LogP contribution < -0.4 is 4.74 Å². The van der Waals surface area contributed by atoms with Crippen molar-refractivity contribution in [2.24, 2.45) is 0 Å². The van der Waals surface area contributed by atoms with Crippen LogP contribution >= 0.6 is 0 Å². The number of hydrogen-bond acceptors (Lipinski definition) is 2. The average Bonchev–Trinajstić information content (AvgIpc) is 3.25. The van der Waals surface area contributed by atoms with Gasteiger partial charge in [0.1, 0.15) is 5.75 Å². The summed E-state index contributed by atoms with van der Waals surface area (Å²) in [6, 6.07) is 26.6. The van der Waals surface area contributed by atoms with Gasteiger partial charge in [-0.1, -0.05) is 48.5 Å². The third-order valence-corrected chi connectivity index (χ3v) is 4.65. The summed E-state index contributed by atoms with van der Waals surface area (Å²) in [5.41, 5.74) is 5.34. The summed E-state index contributed by atoms with van der Waals surface area (Å²) in [7, 11) is 1.69. The zero-order valence-corrected chi connectivity index (χ0v) is 14.3. The van der Waals surface area contributed by atoms with E-state index in [1.807, 2.05) is 42.5 Å². The molecule has 4 nitrogen and oxygen atoms in total. The SMILES string of the molecule is COc1cccc(-n2c(-c3ccccc3)cn3c4ccccc4nc23)c1. The van der Waals surface area contributed by atoms with E-state index in [-0.39, 0.29) is 0 Å². The molecule has 2 heterocycles. The molecule has 0 fully saturated rings. The maximum atomic E-state index is 5.43. The molecule has 5 rings (SSSR count). The lowest BCUT2D eigenvalue weighted by Gasteiger charge is -2.10. The highest BCUT2D eigenvalue weighted by molar-refractivity contribution is 5.82. The van der Waals surface area contributed by atoms with Crippen molar-refractivity contribution in [3.63, 3.8) is 0 Å². The number of benzene rings is 3. The van der Waals surface area contributed by atoms with Crippen molar-refractivity contribution in [3.05, 3.63) is 85.1 Å². The Hall–Kier alpha value is -3.53. The standard InChI is InChI=1S/C22H17N3O/c1-26-18-11-7-10-17(14-18)25-21(16-8-3-2-4-9-16)15-24-20-13-6-5-12-19(20)23-22(24)25/h2-15H,1H3. The van der Waals surface area contributed by atoms with Crippen LogP contribution in [0.5, 0.6) is 5.75 Å². The normalized spacial score (nSPS) is 11.3. The van der Waals surface area contributed by atoms with Crippen LogP contribution in [0.1, 0.15) is 0 Å². The smallest absolute Gasteiger partial charge is 0.220 e. The highest BCUT2D eigenvalue weighted by Gasteiger charge is 2.16. The van der Waals surface area contributed by atoms with Gasteiger partial charge in [0.15, 0.2) is 0 Å². The zero-order chi connectivity index (χ0) is 17.5. The molecule has 0 N–H and O–H groups in total. The van der Waals surface area contributed by atoms with E-state index in [0.29, 0.717) is 0 Å². The summed E-state index contributed by atoms with van der Waals surface area (Å²) in [6.45, 7) is 0. The zero-order valence-electron chi connectivity index (χ0n) is 14.3. The van der Waals surface area contributed by atoms with E-state index in [9.17, 15) is 0 Å². The molecular weight excluding hydrogens is 322 g/mol. The van der Waals surface area contributed by atoms with Gasteiger partial charge in [0.05, 0.1) is 29.5 Å². The molecule has 0 unspecified atom stereocenters. The molecule has 126 valence electrons. The van der Waals surface area contributed by atoms with Crippen molar-refractivity contribution in [1.82, 2.24) is 14.0 Å². The number of ether oxygens (including phenoxy) is 1. The Morgan fingerprint density at radius 2 is 1.65 bits per heavy atom. The number of aromatic nitrogens is 3. The summed E-state index contributed by atoms with van der Waals surface area (Å²) in [4.78, 5) is 4.88. The summed E-state index contributed by atoms with van der Waals surface area (Å²) in [5.74, 6) is 1.71. The van der Waals surface area contributed by atoms with Gasteiger partial charge in [-0.15, -0.1) is 0 Å². The minimum atomic E-state index is 0.824. The number of hydrogen-bond donors (Lipinski definition) is 0. The lowest BCUT2D eigenvalue weighted by molar-refractivity contribution is 0.414. The fourth-order valence-corrected chi connectivity index (χ4v) is 3.42. The molecule has 26 heavy (non-hydrogen) atoms. The molecule has 5 aromatic rings. The van der Waals surface area contributed by atoms with Crippen molar-refractivity contribution in [2.45, 2.75) is 0 Å². The third kappa shape index (κ3) is 2.19. The molecular formula is C22H17N3O. The van der Waals surface area contributed by atoms with Crippen molar-refractivity contribution in [1.29, 1.82) is 0 Å². The molecule has 0 aliphatic carbocycles. The second-order valence-electron chi connectivity index (χ2n) is 6.19. The molecule has 2 aromatic heterocycles. The van der Waals surface area contributed by atoms with Crippen molar-refractivity contribution < 1.29 is 4.74 Å². The molecule has 0 saturated heterocycles. The van der Waals surface area contributed by atoms with Crippen molar-refractivity contribution in [2.75, 3.05) is 7.11 Å². The predicted molar refractivity (Wildman–Crippen MR) is 104 cm³/mol. The molecule has 4 heteroatoms. The van der Waals surface area contributed by atoms with E-state index in [2.05, 4.69) is 51.6 Å². The molecule has 0 bridgehead atoms. The van der Waals surface area contributed by atoms with E-state index >= 15 is 0 Å². The predicted octanol–water partition coefficient (Wildman–Crippen LogP) is 4.95. The van der Waals surface area contributed by atoms with Crippen molar-refractivity contribution >= 4 is 16.8 Å². The number of methoxy groups -OCH3 is 1. The first-order valence-corrected chi connectivity index (χ1v) is 8.53. The Labute approximate surface area is 150 Å². The lowest BCUT2D eigenvalue weighted by atomic mass is 10.1. The number of para-hydroxylation sites is 2. The topological polar surface area (TPSA) is 31.5 Å². The molecule has 0 atom stereocenters. The van der Waals surface area contributed by atoms with Crippen LogP contribution in [-0.2, 0) is 0 Å². The van der Waals surface area contributed by atoms with Gasteiger partial charge in [-0.05, 0) is 24.3 Å². The van der Waals surface area contributed by atoms with E-state index < -0.39 is 0 Å².